The van der Waals surface area contributed by atoms with Crippen molar-refractivity contribution in [1.82, 2.24) is 5.32 Å². The van der Waals surface area contributed by atoms with Crippen LogP contribution in [0.15, 0.2) is 0 Å². The molecule has 0 bridgehead atoms. The Morgan fingerprint density at radius 1 is 1.17 bits per heavy atom. The molecule has 18 heavy (non-hydrogen) atoms. The second-order valence-electron chi connectivity index (χ2n) is 3.45. The van der Waals surface area contributed by atoms with Gasteiger partial charge in [-0.05, 0) is 6.42 Å². The van der Waals surface area contributed by atoms with Gasteiger partial charge in [0.1, 0.15) is 0 Å². The van der Waals surface area contributed by atoms with Crippen molar-refractivity contribution in [2.75, 3.05) is 47.3 Å². The Morgan fingerprint density at radius 2 is 1.78 bits per heavy atom. The molecule has 0 spiro atoms. The standard InChI is InChI=1S/C10H23NO5SSi/c1-13-7-8-17-10(12)11-6-5-9-18(14-2,15-3)16-4/h5-9H2,1-4H3,(H,11,12). The molecule has 108 valence electrons. The Kier molecular flexibility index (Phi) is 10.7. The lowest BCUT2D eigenvalue weighted by atomic mass is 10.5. The molecule has 0 rings (SSSR count). The van der Waals surface area contributed by atoms with Gasteiger partial charge in [-0.3, -0.25) is 4.79 Å². The minimum absolute atomic E-state index is 0.0356. The topological polar surface area (TPSA) is 66.0 Å². The fourth-order valence-corrected chi connectivity index (χ4v) is 3.68. The van der Waals surface area contributed by atoms with E-state index < -0.39 is 8.80 Å². The zero-order chi connectivity index (χ0) is 13.9. The van der Waals surface area contributed by atoms with Crippen LogP contribution in [0.25, 0.3) is 0 Å². The summed E-state index contributed by atoms with van der Waals surface area (Å²) in [6, 6.07) is 0.680. The first-order chi connectivity index (χ1) is 8.64. The van der Waals surface area contributed by atoms with Crippen molar-refractivity contribution in [3.05, 3.63) is 0 Å². The Balaban J connectivity index is 3.68. The van der Waals surface area contributed by atoms with Crippen molar-refractivity contribution in [3.8, 4) is 0 Å². The van der Waals surface area contributed by atoms with Crippen molar-refractivity contribution in [1.29, 1.82) is 0 Å². The molecule has 0 unspecified atom stereocenters. The number of hydrogen-bond acceptors (Lipinski definition) is 6. The van der Waals surface area contributed by atoms with Crippen LogP contribution in [0.2, 0.25) is 6.04 Å². The van der Waals surface area contributed by atoms with Crippen LogP contribution < -0.4 is 5.32 Å². The average Bonchev–Trinajstić information content (AvgIpc) is 2.40. The van der Waals surface area contributed by atoms with Gasteiger partial charge < -0.3 is 23.3 Å². The average molecular weight is 297 g/mol. The number of rotatable bonds is 10. The number of amides is 1. The van der Waals surface area contributed by atoms with E-state index in [2.05, 4.69) is 5.32 Å². The van der Waals surface area contributed by atoms with E-state index in [0.29, 0.717) is 24.9 Å². The Hall–Kier alpha value is -0.123. The Labute approximate surface area is 114 Å². The number of carbonyl (C=O) groups excluding carboxylic acids is 1. The molecule has 0 saturated carbocycles. The maximum absolute atomic E-state index is 11.4. The summed E-state index contributed by atoms with van der Waals surface area (Å²) in [6.07, 6.45) is 0.762. The Bertz CT molecular complexity index is 220. The fourth-order valence-electron chi connectivity index (χ4n) is 1.32. The zero-order valence-electron chi connectivity index (χ0n) is 11.5. The van der Waals surface area contributed by atoms with Crippen molar-refractivity contribution in [2.45, 2.75) is 12.5 Å². The minimum atomic E-state index is -2.50. The molecule has 0 atom stereocenters. The highest BCUT2D eigenvalue weighted by atomic mass is 32.2. The van der Waals surface area contributed by atoms with Gasteiger partial charge in [0.25, 0.3) is 5.24 Å². The lowest BCUT2D eigenvalue weighted by Crippen LogP contribution is -2.43. The molecule has 0 aromatic rings. The summed E-state index contributed by atoms with van der Waals surface area (Å²) in [6.45, 7) is 1.16. The molecule has 8 heteroatoms. The molecule has 1 amide bonds. The van der Waals surface area contributed by atoms with Crippen LogP contribution in [-0.4, -0.2) is 61.4 Å². The first-order valence-corrected chi connectivity index (χ1v) is 8.61. The summed E-state index contributed by atoms with van der Waals surface area (Å²) in [5, 5.41) is 2.77. The SMILES string of the molecule is COCCSC(=O)NCCC[Si](OC)(OC)OC. The number of ether oxygens (including phenoxy) is 1. The molecule has 1 N–H and O–H groups in total. The molecule has 0 aromatic heterocycles. The third-order valence-electron chi connectivity index (χ3n) is 2.38. The molecule has 0 saturated heterocycles. The largest absolute Gasteiger partial charge is 0.500 e. The summed E-state index contributed by atoms with van der Waals surface area (Å²) in [7, 11) is 3.86. The smallest absolute Gasteiger partial charge is 0.384 e. The summed E-state index contributed by atoms with van der Waals surface area (Å²) in [5.41, 5.74) is 0. The lowest BCUT2D eigenvalue weighted by Gasteiger charge is -2.24. The summed E-state index contributed by atoms with van der Waals surface area (Å²) >= 11 is 1.22. The van der Waals surface area contributed by atoms with Gasteiger partial charge in [-0.25, -0.2) is 0 Å². The van der Waals surface area contributed by atoms with Gasteiger partial charge in [0, 0.05) is 46.8 Å². The summed E-state index contributed by atoms with van der Waals surface area (Å²) in [4.78, 5) is 11.4. The molecule has 0 aliphatic rings. The highest BCUT2D eigenvalue weighted by molar-refractivity contribution is 8.13. The second kappa shape index (κ2) is 10.8. The normalized spacial score (nSPS) is 11.6. The number of thioether (sulfide) groups is 1. The van der Waals surface area contributed by atoms with Gasteiger partial charge >= 0.3 is 8.80 Å². The summed E-state index contributed by atoms with van der Waals surface area (Å²) < 4.78 is 20.7. The van der Waals surface area contributed by atoms with E-state index in [1.807, 2.05) is 0 Å². The van der Waals surface area contributed by atoms with Crippen LogP contribution in [-0.2, 0) is 18.0 Å². The van der Waals surface area contributed by atoms with Crippen LogP contribution in [0.3, 0.4) is 0 Å². The van der Waals surface area contributed by atoms with Gasteiger partial charge in [0.2, 0.25) is 0 Å². The first-order valence-electron chi connectivity index (χ1n) is 5.69. The molecule has 6 nitrogen and oxygen atoms in total. The van der Waals surface area contributed by atoms with Crippen molar-refractivity contribution in [3.63, 3.8) is 0 Å². The van der Waals surface area contributed by atoms with E-state index in [-0.39, 0.29) is 5.24 Å². The van der Waals surface area contributed by atoms with Crippen LogP contribution >= 0.6 is 11.8 Å². The van der Waals surface area contributed by atoms with Gasteiger partial charge in [-0.1, -0.05) is 11.8 Å². The predicted molar refractivity (Wildman–Crippen MR) is 73.9 cm³/mol. The number of hydrogen-bond donors (Lipinski definition) is 1. The second-order valence-corrected chi connectivity index (χ2v) is 7.61. The van der Waals surface area contributed by atoms with E-state index in [1.165, 1.54) is 11.8 Å². The molecular formula is C10H23NO5SSi. The fraction of sp³-hybridized carbons (Fsp3) is 0.900. The van der Waals surface area contributed by atoms with Crippen molar-refractivity contribution >= 4 is 25.8 Å². The highest BCUT2D eigenvalue weighted by Gasteiger charge is 2.36. The molecule has 0 aliphatic carbocycles. The quantitative estimate of drug-likeness (QED) is 0.485. The Morgan fingerprint density at radius 3 is 2.28 bits per heavy atom. The van der Waals surface area contributed by atoms with E-state index >= 15 is 0 Å². The van der Waals surface area contributed by atoms with Crippen LogP contribution in [0.5, 0.6) is 0 Å². The lowest BCUT2D eigenvalue weighted by molar-refractivity contribution is 0.123. The number of carbonyl (C=O) groups is 1. The van der Waals surface area contributed by atoms with E-state index in [9.17, 15) is 4.79 Å². The molecule has 0 aromatic carbocycles. The molecule has 0 radical (unpaired) electrons. The summed E-state index contributed by atoms with van der Waals surface area (Å²) in [5.74, 6) is 0.662. The maximum atomic E-state index is 11.4. The van der Waals surface area contributed by atoms with Crippen molar-refractivity contribution < 1.29 is 22.8 Å². The van der Waals surface area contributed by atoms with Gasteiger partial charge in [-0.2, -0.15) is 0 Å². The van der Waals surface area contributed by atoms with Gasteiger partial charge in [-0.15, -0.1) is 0 Å². The molecule has 0 heterocycles. The molecular weight excluding hydrogens is 274 g/mol. The highest BCUT2D eigenvalue weighted by Crippen LogP contribution is 2.14. The molecule has 0 aliphatic heterocycles. The van der Waals surface area contributed by atoms with E-state index in [4.69, 9.17) is 18.0 Å². The first kappa shape index (κ1) is 17.9. The predicted octanol–water partition coefficient (Wildman–Crippen LogP) is 1.34. The van der Waals surface area contributed by atoms with Crippen molar-refractivity contribution in [2.24, 2.45) is 0 Å². The van der Waals surface area contributed by atoms with Crippen LogP contribution in [0, 0.1) is 0 Å². The number of nitrogens with one attached hydrogen (secondary N) is 1. The van der Waals surface area contributed by atoms with Crippen LogP contribution in [0.4, 0.5) is 4.79 Å². The van der Waals surface area contributed by atoms with E-state index in [1.54, 1.807) is 28.4 Å². The molecule has 0 fully saturated rings. The third kappa shape index (κ3) is 7.34. The minimum Gasteiger partial charge on any atom is -0.384 e. The zero-order valence-corrected chi connectivity index (χ0v) is 13.3. The van der Waals surface area contributed by atoms with Crippen LogP contribution in [0.1, 0.15) is 6.42 Å². The van der Waals surface area contributed by atoms with Gasteiger partial charge in [0.05, 0.1) is 6.61 Å². The van der Waals surface area contributed by atoms with Gasteiger partial charge in [0.15, 0.2) is 0 Å². The third-order valence-corrected chi connectivity index (χ3v) is 5.99. The monoisotopic (exact) mass is 297 g/mol. The number of methoxy groups -OCH3 is 1. The van der Waals surface area contributed by atoms with E-state index in [0.717, 1.165) is 6.42 Å². The maximum Gasteiger partial charge on any atom is 0.500 e.